The molecule has 1 aliphatic heterocycles. The summed E-state index contributed by atoms with van der Waals surface area (Å²) in [5.74, 6) is 0. The standard InChI is InChI=1S/C10H16O3/c1-2-4-10(5-3-6-11)9-12-7-8-13-10/h2,6H,1,3-5,7-9H2. The van der Waals surface area contributed by atoms with Crippen LogP contribution in [0.1, 0.15) is 19.3 Å². The van der Waals surface area contributed by atoms with Crippen molar-refractivity contribution >= 4 is 6.29 Å². The van der Waals surface area contributed by atoms with Crippen molar-refractivity contribution in [3.05, 3.63) is 12.7 Å². The lowest BCUT2D eigenvalue weighted by molar-refractivity contribution is -0.159. The summed E-state index contributed by atoms with van der Waals surface area (Å²) in [6.07, 6.45) is 4.74. The summed E-state index contributed by atoms with van der Waals surface area (Å²) in [5, 5.41) is 0. The second-order valence-electron chi connectivity index (χ2n) is 3.28. The van der Waals surface area contributed by atoms with Crippen LogP contribution in [0.3, 0.4) is 0 Å². The summed E-state index contributed by atoms with van der Waals surface area (Å²) in [6.45, 7) is 5.53. The molecule has 1 heterocycles. The van der Waals surface area contributed by atoms with Crippen molar-refractivity contribution in [1.82, 2.24) is 0 Å². The highest BCUT2D eigenvalue weighted by Gasteiger charge is 2.32. The molecule has 74 valence electrons. The largest absolute Gasteiger partial charge is 0.376 e. The number of carbonyl (C=O) groups is 1. The number of ether oxygens (including phenoxy) is 2. The van der Waals surface area contributed by atoms with E-state index in [4.69, 9.17) is 9.47 Å². The molecule has 1 aliphatic rings. The van der Waals surface area contributed by atoms with Crippen molar-refractivity contribution in [2.45, 2.75) is 24.9 Å². The van der Waals surface area contributed by atoms with Crippen LogP contribution in [0.5, 0.6) is 0 Å². The van der Waals surface area contributed by atoms with Crippen LogP contribution in [0, 0.1) is 0 Å². The van der Waals surface area contributed by atoms with E-state index in [1.165, 1.54) is 0 Å². The second kappa shape index (κ2) is 5.14. The van der Waals surface area contributed by atoms with E-state index in [1.54, 1.807) is 0 Å². The van der Waals surface area contributed by atoms with Crippen molar-refractivity contribution in [3.8, 4) is 0 Å². The molecule has 13 heavy (non-hydrogen) atoms. The molecule has 0 amide bonds. The van der Waals surface area contributed by atoms with Gasteiger partial charge in [-0.15, -0.1) is 6.58 Å². The number of rotatable bonds is 5. The fraction of sp³-hybridized carbons (Fsp3) is 0.700. The van der Waals surface area contributed by atoms with Gasteiger partial charge in [0.1, 0.15) is 6.29 Å². The van der Waals surface area contributed by atoms with Gasteiger partial charge in [-0.2, -0.15) is 0 Å². The Morgan fingerprint density at radius 1 is 1.46 bits per heavy atom. The maximum Gasteiger partial charge on any atom is 0.120 e. The van der Waals surface area contributed by atoms with Crippen LogP contribution in [0.25, 0.3) is 0 Å². The van der Waals surface area contributed by atoms with Crippen molar-refractivity contribution in [3.63, 3.8) is 0 Å². The molecule has 1 unspecified atom stereocenters. The monoisotopic (exact) mass is 184 g/mol. The van der Waals surface area contributed by atoms with Crippen LogP contribution in [-0.2, 0) is 14.3 Å². The third-order valence-electron chi connectivity index (χ3n) is 2.24. The molecule has 1 rings (SSSR count). The molecule has 0 bridgehead atoms. The Morgan fingerprint density at radius 3 is 2.85 bits per heavy atom. The average molecular weight is 184 g/mol. The summed E-state index contributed by atoms with van der Waals surface area (Å²) in [6, 6.07) is 0. The molecule has 0 spiro atoms. The van der Waals surface area contributed by atoms with Gasteiger partial charge >= 0.3 is 0 Å². The zero-order valence-corrected chi connectivity index (χ0v) is 7.83. The van der Waals surface area contributed by atoms with Crippen LogP contribution < -0.4 is 0 Å². The molecule has 0 radical (unpaired) electrons. The zero-order valence-electron chi connectivity index (χ0n) is 7.83. The van der Waals surface area contributed by atoms with Crippen LogP contribution in [0.2, 0.25) is 0 Å². The van der Waals surface area contributed by atoms with Crippen molar-refractivity contribution in [1.29, 1.82) is 0 Å². The van der Waals surface area contributed by atoms with Gasteiger partial charge in [0.25, 0.3) is 0 Å². The first-order valence-corrected chi connectivity index (χ1v) is 4.59. The lowest BCUT2D eigenvalue weighted by Gasteiger charge is -2.36. The van der Waals surface area contributed by atoms with E-state index in [9.17, 15) is 4.79 Å². The molecule has 0 aromatic carbocycles. The molecular weight excluding hydrogens is 168 g/mol. The lowest BCUT2D eigenvalue weighted by atomic mass is 9.94. The minimum atomic E-state index is -0.291. The van der Waals surface area contributed by atoms with E-state index < -0.39 is 0 Å². The van der Waals surface area contributed by atoms with Gasteiger partial charge in [0.15, 0.2) is 0 Å². The van der Waals surface area contributed by atoms with E-state index in [2.05, 4.69) is 6.58 Å². The van der Waals surface area contributed by atoms with Gasteiger partial charge < -0.3 is 14.3 Å². The summed E-state index contributed by atoms with van der Waals surface area (Å²) in [4.78, 5) is 10.3. The summed E-state index contributed by atoms with van der Waals surface area (Å²) in [5.41, 5.74) is -0.291. The topological polar surface area (TPSA) is 35.5 Å². The first kappa shape index (κ1) is 10.4. The second-order valence-corrected chi connectivity index (χ2v) is 3.28. The number of hydrogen-bond donors (Lipinski definition) is 0. The number of carbonyl (C=O) groups excluding carboxylic acids is 1. The van der Waals surface area contributed by atoms with Crippen molar-refractivity contribution in [2.24, 2.45) is 0 Å². The molecule has 0 saturated carbocycles. The Morgan fingerprint density at radius 2 is 2.31 bits per heavy atom. The highest BCUT2D eigenvalue weighted by atomic mass is 16.6. The Labute approximate surface area is 78.7 Å². The fourth-order valence-corrected chi connectivity index (χ4v) is 1.57. The third-order valence-corrected chi connectivity index (χ3v) is 2.24. The van der Waals surface area contributed by atoms with E-state index in [-0.39, 0.29) is 5.60 Å². The molecule has 3 heteroatoms. The van der Waals surface area contributed by atoms with E-state index >= 15 is 0 Å². The van der Waals surface area contributed by atoms with Gasteiger partial charge in [-0.25, -0.2) is 0 Å². The van der Waals surface area contributed by atoms with Gasteiger partial charge in [-0.05, 0) is 12.8 Å². The van der Waals surface area contributed by atoms with Gasteiger partial charge in [-0.1, -0.05) is 6.08 Å². The summed E-state index contributed by atoms with van der Waals surface area (Å²) in [7, 11) is 0. The SMILES string of the molecule is C=CCC1(CCC=O)COCCO1. The van der Waals surface area contributed by atoms with Gasteiger partial charge in [0.05, 0.1) is 25.4 Å². The van der Waals surface area contributed by atoms with Crippen LogP contribution in [0.15, 0.2) is 12.7 Å². The van der Waals surface area contributed by atoms with E-state index in [0.717, 1.165) is 19.1 Å². The first-order valence-electron chi connectivity index (χ1n) is 4.59. The van der Waals surface area contributed by atoms with Crippen molar-refractivity contribution in [2.75, 3.05) is 19.8 Å². The smallest absolute Gasteiger partial charge is 0.120 e. The first-order chi connectivity index (χ1) is 6.33. The zero-order chi connectivity index (χ0) is 9.57. The van der Waals surface area contributed by atoms with E-state index in [0.29, 0.717) is 26.2 Å². The van der Waals surface area contributed by atoms with Gasteiger partial charge in [0.2, 0.25) is 0 Å². The Bertz CT molecular complexity index is 171. The molecule has 0 aromatic heterocycles. The predicted molar refractivity (Wildman–Crippen MR) is 49.6 cm³/mol. The lowest BCUT2D eigenvalue weighted by Crippen LogP contribution is -2.42. The van der Waals surface area contributed by atoms with Gasteiger partial charge in [0, 0.05) is 6.42 Å². The highest BCUT2D eigenvalue weighted by molar-refractivity contribution is 5.49. The average Bonchev–Trinajstić information content (AvgIpc) is 2.17. The maximum atomic E-state index is 10.3. The van der Waals surface area contributed by atoms with Crippen LogP contribution in [0.4, 0.5) is 0 Å². The Kier molecular flexibility index (Phi) is 4.12. The predicted octanol–water partition coefficient (Wildman–Crippen LogP) is 1.33. The Balaban J connectivity index is 2.49. The molecule has 1 atom stereocenters. The fourth-order valence-electron chi connectivity index (χ4n) is 1.57. The van der Waals surface area contributed by atoms with Gasteiger partial charge in [-0.3, -0.25) is 0 Å². The van der Waals surface area contributed by atoms with Crippen molar-refractivity contribution < 1.29 is 14.3 Å². The highest BCUT2D eigenvalue weighted by Crippen LogP contribution is 2.25. The minimum Gasteiger partial charge on any atom is -0.376 e. The molecule has 1 saturated heterocycles. The molecule has 3 nitrogen and oxygen atoms in total. The molecule has 0 aromatic rings. The quantitative estimate of drug-likeness (QED) is 0.477. The summed E-state index contributed by atoms with van der Waals surface area (Å²) < 4.78 is 11.0. The molecule has 0 N–H and O–H groups in total. The molecule has 1 fully saturated rings. The molecule has 0 aliphatic carbocycles. The van der Waals surface area contributed by atoms with Crippen LogP contribution >= 0.6 is 0 Å². The number of hydrogen-bond acceptors (Lipinski definition) is 3. The summed E-state index contributed by atoms with van der Waals surface area (Å²) >= 11 is 0. The molecular formula is C10H16O3. The minimum absolute atomic E-state index is 0.291. The maximum absolute atomic E-state index is 10.3. The normalized spacial score (nSPS) is 28.3. The van der Waals surface area contributed by atoms with Crippen LogP contribution in [-0.4, -0.2) is 31.7 Å². The third kappa shape index (κ3) is 2.94. The Hall–Kier alpha value is -0.670. The number of aldehydes is 1. The van der Waals surface area contributed by atoms with E-state index in [1.807, 2.05) is 6.08 Å².